The molecule has 0 atom stereocenters. The normalized spacial score (nSPS) is 24.8. The van der Waals surface area contributed by atoms with Gasteiger partial charge in [-0.05, 0) is 63.3 Å². The standard InChI is InChI=1S/C17H28N2O3S/c20-16(12-23-11-13-1-2-13)19-9-5-15(6-10-19)18-7-3-14(4-8-18)17(21)22/h13-15H,1-12H2,(H,21,22). The number of thioether (sulfide) groups is 1. The zero-order valence-corrected chi connectivity index (χ0v) is 14.6. The van der Waals surface area contributed by atoms with E-state index in [2.05, 4.69) is 4.90 Å². The first-order chi connectivity index (χ1) is 11.1. The van der Waals surface area contributed by atoms with Gasteiger partial charge in [0.1, 0.15) is 0 Å². The molecular formula is C17H28N2O3S. The van der Waals surface area contributed by atoms with Crippen molar-refractivity contribution in [3.63, 3.8) is 0 Å². The van der Waals surface area contributed by atoms with Gasteiger partial charge in [-0.3, -0.25) is 9.59 Å². The second kappa shape index (κ2) is 7.88. The van der Waals surface area contributed by atoms with Gasteiger partial charge in [0, 0.05) is 19.1 Å². The summed E-state index contributed by atoms with van der Waals surface area (Å²) in [6, 6.07) is 0.535. The molecular weight excluding hydrogens is 312 g/mol. The Kier molecular flexibility index (Phi) is 5.85. The number of hydrogen-bond donors (Lipinski definition) is 1. The summed E-state index contributed by atoms with van der Waals surface area (Å²) < 4.78 is 0. The van der Waals surface area contributed by atoms with Crippen LogP contribution in [0, 0.1) is 11.8 Å². The molecule has 5 nitrogen and oxygen atoms in total. The first-order valence-corrected chi connectivity index (χ1v) is 10.1. The summed E-state index contributed by atoms with van der Waals surface area (Å²) in [5.74, 6) is 2.18. The monoisotopic (exact) mass is 340 g/mol. The Morgan fingerprint density at radius 3 is 2.17 bits per heavy atom. The number of likely N-dealkylation sites (tertiary alicyclic amines) is 2. The van der Waals surface area contributed by atoms with Crippen molar-refractivity contribution in [2.45, 2.75) is 44.6 Å². The molecule has 0 aromatic carbocycles. The lowest BCUT2D eigenvalue weighted by Crippen LogP contribution is -2.49. The number of amides is 1. The number of carbonyl (C=O) groups is 2. The van der Waals surface area contributed by atoms with Gasteiger partial charge in [-0.1, -0.05) is 0 Å². The molecule has 2 aliphatic heterocycles. The fourth-order valence-corrected chi connectivity index (χ4v) is 4.82. The van der Waals surface area contributed by atoms with Crippen LogP contribution in [0.25, 0.3) is 0 Å². The van der Waals surface area contributed by atoms with E-state index in [0.29, 0.717) is 17.7 Å². The van der Waals surface area contributed by atoms with Crippen molar-refractivity contribution in [3.05, 3.63) is 0 Å². The maximum Gasteiger partial charge on any atom is 0.306 e. The van der Waals surface area contributed by atoms with E-state index in [1.165, 1.54) is 12.8 Å². The van der Waals surface area contributed by atoms with Crippen LogP contribution in [0.2, 0.25) is 0 Å². The van der Waals surface area contributed by atoms with E-state index in [1.807, 2.05) is 4.90 Å². The van der Waals surface area contributed by atoms with Crippen LogP contribution in [0.15, 0.2) is 0 Å². The summed E-state index contributed by atoms with van der Waals surface area (Å²) in [5, 5.41) is 9.07. The predicted molar refractivity (Wildman–Crippen MR) is 91.6 cm³/mol. The lowest BCUT2D eigenvalue weighted by atomic mass is 9.93. The van der Waals surface area contributed by atoms with Crippen LogP contribution in [0.3, 0.4) is 0 Å². The van der Waals surface area contributed by atoms with Gasteiger partial charge in [0.2, 0.25) is 5.91 Å². The first-order valence-electron chi connectivity index (χ1n) is 8.96. The maximum absolute atomic E-state index is 12.2. The highest BCUT2D eigenvalue weighted by molar-refractivity contribution is 7.99. The first kappa shape index (κ1) is 17.1. The van der Waals surface area contributed by atoms with Gasteiger partial charge >= 0.3 is 5.97 Å². The fourth-order valence-electron chi connectivity index (χ4n) is 3.68. The number of carboxylic acids is 1. The third kappa shape index (κ3) is 4.86. The average molecular weight is 340 g/mol. The minimum atomic E-state index is -0.645. The third-order valence-electron chi connectivity index (χ3n) is 5.49. The summed E-state index contributed by atoms with van der Waals surface area (Å²) >= 11 is 1.80. The quantitative estimate of drug-likeness (QED) is 0.800. The van der Waals surface area contributed by atoms with Crippen molar-refractivity contribution in [2.75, 3.05) is 37.7 Å². The number of rotatable bonds is 6. The lowest BCUT2D eigenvalue weighted by molar-refractivity contribution is -0.143. The Labute approximate surface area is 142 Å². The summed E-state index contributed by atoms with van der Waals surface area (Å²) in [7, 11) is 0. The highest BCUT2D eigenvalue weighted by Gasteiger charge is 2.31. The molecule has 0 radical (unpaired) electrons. The van der Waals surface area contributed by atoms with E-state index in [4.69, 9.17) is 5.11 Å². The van der Waals surface area contributed by atoms with E-state index >= 15 is 0 Å². The van der Waals surface area contributed by atoms with Crippen LogP contribution in [0.5, 0.6) is 0 Å². The van der Waals surface area contributed by atoms with Gasteiger partial charge in [0.05, 0.1) is 11.7 Å². The summed E-state index contributed by atoms with van der Waals surface area (Å²) in [5.41, 5.74) is 0. The maximum atomic E-state index is 12.2. The molecule has 2 saturated heterocycles. The smallest absolute Gasteiger partial charge is 0.306 e. The van der Waals surface area contributed by atoms with Crippen molar-refractivity contribution < 1.29 is 14.7 Å². The topological polar surface area (TPSA) is 60.9 Å². The van der Waals surface area contributed by atoms with Gasteiger partial charge in [-0.2, -0.15) is 11.8 Å². The molecule has 2 heterocycles. The van der Waals surface area contributed by atoms with Crippen LogP contribution in [-0.2, 0) is 9.59 Å². The number of hydrogen-bond acceptors (Lipinski definition) is 4. The largest absolute Gasteiger partial charge is 0.481 e. The van der Waals surface area contributed by atoms with Crippen molar-refractivity contribution in [2.24, 2.45) is 11.8 Å². The lowest BCUT2D eigenvalue weighted by Gasteiger charge is -2.41. The molecule has 0 unspecified atom stereocenters. The fraction of sp³-hybridized carbons (Fsp3) is 0.882. The Morgan fingerprint density at radius 2 is 1.61 bits per heavy atom. The second-order valence-corrected chi connectivity index (χ2v) is 8.25. The van der Waals surface area contributed by atoms with Crippen molar-refractivity contribution in [1.82, 2.24) is 9.80 Å². The molecule has 3 aliphatic rings. The van der Waals surface area contributed by atoms with E-state index in [9.17, 15) is 9.59 Å². The van der Waals surface area contributed by atoms with Gasteiger partial charge < -0.3 is 14.9 Å². The van der Waals surface area contributed by atoms with Gasteiger partial charge in [0.15, 0.2) is 0 Å². The molecule has 0 aromatic heterocycles. The molecule has 3 fully saturated rings. The number of piperidine rings is 2. The van der Waals surface area contributed by atoms with Crippen molar-refractivity contribution >= 4 is 23.6 Å². The Bertz CT molecular complexity index is 426. The van der Waals surface area contributed by atoms with Gasteiger partial charge in [-0.25, -0.2) is 0 Å². The van der Waals surface area contributed by atoms with E-state index in [0.717, 1.165) is 63.5 Å². The van der Waals surface area contributed by atoms with Crippen LogP contribution < -0.4 is 0 Å². The van der Waals surface area contributed by atoms with Crippen molar-refractivity contribution in [3.8, 4) is 0 Å². The van der Waals surface area contributed by atoms with E-state index < -0.39 is 5.97 Å². The minimum Gasteiger partial charge on any atom is -0.481 e. The Hall–Kier alpha value is -0.750. The molecule has 0 spiro atoms. The number of nitrogens with zero attached hydrogens (tertiary/aromatic N) is 2. The highest BCUT2D eigenvalue weighted by Crippen LogP contribution is 2.32. The van der Waals surface area contributed by atoms with Crippen LogP contribution >= 0.6 is 11.8 Å². The highest BCUT2D eigenvalue weighted by atomic mass is 32.2. The Morgan fingerprint density at radius 1 is 0.957 bits per heavy atom. The predicted octanol–water partition coefficient (Wildman–Crippen LogP) is 1.92. The SMILES string of the molecule is O=C(O)C1CCN(C2CCN(C(=O)CSCC3CC3)CC2)CC1. The van der Waals surface area contributed by atoms with Crippen LogP contribution in [0.1, 0.15) is 38.5 Å². The average Bonchev–Trinajstić information content (AvgIpc) is 3.39. The zero-order valence-electron chi connectivity index (χ0n) is 13.8. The molecule has 6 heteroatoms. The molecule has 1 amide bonds. The summed E-state index contributed by atoms with van der Waals surface area (Å²) in [6.45, 7) is 3.53. The van der Waals surface area contributed by atoms with Crippen LogP contribution in [-0.4, -0.2) is 70.5 Å². The van der Waals surface area contributed by atoms with Gasteiger partial charge in [0.25, 0.3) is 0 Å². The molecule has 23 heavy (non-hydrogen) atoms. The van der Waals surface area contributed by atoms with Crippen molar-refractivity contribution in [1.29, 1.82) is 0 Å². The summed E-state index contributed by atoms with van der Waals surface area (Å²) in [4.78, 5) is 27.7. The Balaban J connectivity index is 1.34. The second-order valence-electron chi connectivity index (χ2n) is 7.22. The number of aliphatic carboxylic acids is 1. The molecule has 3 rings (SSSR count). The molecule has 0 bridgehead atoms. The molecule has 0 aromatic rings. The van der Waals surface area contributed by atoms with Gasteiger partial charge in [-0.15, -0.1) is 0 Å². The molecule has 1 aliphatic carbocycles. The van der Waals surface area contributed by atoms with E-state index in [1.54, 1.807) is 11.8 Å². The van der Waals surface area contributed by atoms with Crippen LogP contribution in [0.4, 0.5) is 0 Å². The minimum absolute atomic E-state index is 0.156. The molecule has 1 N–H and O–H groups in total. The summed E-state index contributed by atoms with van der Waals surface area (Å²) in [6.07, 6.45) is 6.32. The molecule has 1 saturated carbocycles. The third-order valence-corrected chi connectivity index (χ3v) is 6.65. The molecule has 130 valence electrons. The number of carbonyl (C=O) groups excluding carboxylic acids is 1. The zero-order chi connectivity index (χ0) is 16.2. The number of carboxylic acid groups (broad SMARTS) is 1. The van der Waals surface area contributed by atoms with E-state index in [-0.39, 0.29) is 5.92 Å².